The van der Waals surface area contributed by atoms with Crippen LogP contribution in [0, 0.1) is 0 Å². The molecule has 1 fully saturated rings. The average molecular weight is 384 g/mol. The molecule has 1 aliphatic rings. The van der Waals surface area contributed by atoms with Crippen molar-refractivity contribution in [1.82, 2.24) is 19.7 Å². The lowest BCUT2D eigenvalue weighted by atomic mass is 10.1. The zero-order chi connectivity index (χ0) is 19.9. The van der Waals surface area contributed by atoms with E-state index >= 15 is 0 Å². The summed E-state index contributed by atoms with van der Waals surface area (Å²) >= 11 is 0. The zero-order valence-corrected chi connectivity index (χ0v) is 15.9. The van der Waals surface area contributed by atoms with Crippen molar-refractivity contribution in [1.29, 1.82) is 0 Å². The lowest BCUT2D eigenvalue weighted by Crippen LogP contribution is -2.19. The van der Waals surface area contributed by atoms with Gasteiger partial charge in [-0.3, -0.25) is 14.9 Å². The number of nitrogens with zero attached hydrogens (tertiary/aromatic N) is 5. The van der Waals surface area contributed by atoms with E-state index < -0.39 is 5.91 Å². The second kappa shape index (κ2) is 9.09. The van der Waals surface area contributed by atoms with Crippen LogP contribution in [0.3, 0.4) is 0 Å². The summed E-state index contributed by atoms with van der Waals surface area (Å²) in [6.45, 7) is 5.39. The number of nitrogens with two attached hydrogens (primary N) is 1. The highest BCUT2D eigenvalue weighted by Gasteiger charge is 2.17. The van der Waals surface area contributed by atoms with Crippen LogP contribution in [0.4, 0.5) is 17.5 Å². The van der Waals surface area contributed by atoms with E-state index in [1.54, 1.807) is 12.4 Å². The first-order valence-electron chi connectivity index (χ1n) is 9.01. The summed E-state index contributed by atoms with van der Waals surface area (Å²) in [5.74, 6) is -0.115. The third kappa shape index (κ3) is 5.13. The van der Waals surface area contributed by atoms with Crippen molar-refractivity contribution in [3.05, 3.63) is 35.8 Å². The van der Waals surface area contributed by atoms with Crippen LogP contribution in [0.1, 0.15) is 43.1 Å². The van der Waals surface area contributed by atoms with E-state index in [9.17, 15) is 4.79 Å². The fourth-order valence-corrected chi connectivity index (χ4v) is 2.67. The van der Waals surface area contributed by atoms with Crippen molar-refractivity contribution in [2.75, 3.05) is 24.0 Å². The van der Waals surface area contributed by atoms with E-state index in [4.69, 9.17) is 10.5 Å². The third-order valence-electron chi connectivity index (χ3n) is 4.13. The molecular formula is C18H24N8O2. The number of amides is 1. The lowest BCUT2D eigenvalue weighted by Gasteiger charge is -2.22. The number of primary amides is 1. The van der Waals surface area contributed by atoms with Gasteiger partial charge in [-0.15, -0.1) is 0 Å². The summed E-state index contributed by atoms with van der Waals surface area (Å²) in [7, 11) is 0. The molecule has 0 aromatic carbocycles. The van der Waals surface area contributed by atoms with Crippen LogP contribution >= 0.6 is 0 Å². The molecule has 148 valence electrons. The van der Waals surface area contributed by atoms with Crippen molar-refractivity contribution >= 4 is 29.6 Å². The van der Waals surface area contributed by atoms with Gasteiger partial charge in [0, 0.05) is 31.8 Å². The minimum atomic E-state index is -0.640. The quantitative estimate of drug-likeness (QED) is 0.492. The number of rotatable bonds is 7. The van der Waals surface area contributed by atoms with Gasteiger partial charge in [0.25, 0.3) is 5.91 Å². The van der Waals surface area contributed by atoms with E-state index in [-0.39, 0.29) is 11.4 Å². The molecule has 2 aromatic rings. The first-order chi connectivity index (χ1) is 13.5. The average Bonchev–Trinajstić information content (AvgIpc) is 3.14. The number of carbonyl (C=O) groups excluding carboxylic acids is 1. The van der Waals surface area contributed by atoms with Gasteiger partial charge in [-0.05, 0) is 32.8 Å². The van der Waals surface area contributed by atoms with Gasteiger partial charge in [-0.1, -0.05) is 5.57 Å². The van der Waals surface area contributed by atoms with Crippen LogP contribution in [0.15, 0.2) is 35.3 Å². The maximum absolute atomic E-state index is 11.6. The van der Waals surface area contributed by atoms with Gasteiger partial charge >= 0.3 is 0 Å². The van der Waals surface area contributed by atoms with Crippen LogP contribution in [-0.4, -0.2) is 45.1 Å². The van der Waals surface area contributed by atoms with Gasteiger partial charge in [0.2, 0.25) is 5.95 Å². The molecule has 10 nitrogen and oxygen atoms in total. The number of ether oxygens (including phenoxy) is 1. The Morgan fingerprint density at radius 2 is 2.14 bits per heavy atom. The highest BCUT2D eigenvalue weighted by Crippen LogP contribution is 2.23. The Morgan fingerprint density at radius 1 is 1.36 bits per heavy atom. The number of hydrazone groups is 1. The van der Waals surface area contributed by atoms with Gasteiger partial charge in [-0.25, -0.2) is 4.98 Å². The molecule has 0 radical (unpaired) electrons. The fourth-order valence-electron chi connectivity index (χ4n) is 2.67. The van der Waals surface area contributed by atoms with Crippen molar-refractivity contribution in [2.24, 2.45) is 10.8 Å². The maximum Gasteiger partial charge on any atom is 0.254 e. The summed E-state index contributed by atoms with van der Waals surface area (Å²) in [6.07, 6.45) is 10.2. The number of nitrogens with one attached hydrogen (secondary N) is 2. The Morgan fingerprint density at radius 3 is 2.86 bits per heavy atom. The molecule has 0 unspecified atom stereocenters. The lowest BCUT2D eigenvalue weighted by molar-refractivity contribution is 0.0662. The van der Waals surface area contributed by atoms with Gasteiger partial charge in [0.05, 0.1) is 17.9 Å². The predicted octanol–water partition coefficient (Wildman–Crippen LogP) is 2.23. The molecule has 4 N–H and O–H groups in total. The van der Waals surface area contributed by atoms with Gasteiger partial charge < -0.3 is 15.8 Å². The maximum atomic E-state index is 11.6. The molecule has 3 heterocycles. The van der Waals surface area contributed by atoms with E-state index in [1.165, 1.54) is 6.20 Å². The summed E-state index contributed by atoms with van der Waals surface area (Å²) in [4.78, 5) is 20.1. The Labute approximate surface area is 162 Å². The molecule has 0 saturated carbocycles. The highest BCUT2D eigenvalue weighted by molar-refractivity contribution is 5.97. The monoisotopic (exact) mass is 384 g/mol. The molecule has 3 rings (SSSR count). The Balaban J connectivity index is 1.74. The van der Waals surface area contributed by atoms with Crippen LogP contribution < -0.4 is 16.5 Å². The van der Waals surface area contributed by atoms with Crippen molar-refractivity contribution < 1.29 is 9.53 Å². The smallest absolute Gasteiger partial charge is 0.254 e. The van der Waals surface area contributed by atoms with Crippen LogP contribution in [0.2, 0.25) is 0 Å². The number of allylic oxidation sites excluding steroid dienone is 2. The summed E-state index contributed by atoms with van der Waals surface area (Å²) < 4.78 is 7.31. The first kappa shape index (κ1) is 19.5. The second-order valence-electron chi connectivity index (χ2n) is 6.63. The molecule has 1 saturated heterocycles. The van der Waals surface area contributed by atoms with E-state index in [0.29, 0.717) is 12.0 Å². The van der Waals surface area contributed by atoms with Crippen molar-refractivity contribution in [3.63, 3.8) is 0 Å². The minimum Gasteiger partial charge on any atom is -0.381 e. The molecule has 0 aliphatic carbocycles. The first-order valence-corrected chi connectivity index (χ1v) is 9.01. The summed E-state index contributed by atoms with van der Waals surface area (Å²) in [6, 6.07) is 0.323. The normalized spacial score (nSPS) is 14.8. The number of anilines is 3. The molecule has 1 aliphatic heterocycles. The summed E-state index contributed by atoms with van der Waals surface area (Å²) in [5, 5.41) is 11.5. The zero-order valence-electron chi connectivity index (χ0n) is 15.9. The number of hydrogen-bond donors (Lipinski definition) is 3. The molecule has 0 bridgehead atoms. The van der Waals surface area contributed by atoms with Crippen LogP contribution in [0.5, 0.6) is 0 Å². The fraction of sp³-hybridized carbons (Fsp3) is 0.389. The highest BCUT2D eigenvalue weighted by atomic mass is 16.5. The molecule has 10 heteroatoms. The topological polar surface area (TPSA) is 132 Å². The molecule has 1 amide bonds. The standard InChI is InChI=1S/C18H24N8O2/c1-12(2)3-6-21-25-17-15(16(19)27)10-20-18(24-17)23-13-9-22-26(11-13)14-4-7-28-8-5-14/h3,6,9-11,14H,4-5,7-8H2,1-2H3,(H2,19,27)(H2,20,23,24,25)/b21-6+. The largest absolute Gasteiger partial charge is 0.381 e. The second-order valence-corrected chi connectivity index (χ2v) is 6.63. The van der Waals surface area contributed by atoms with Crippen LogP contribution in [-0.2, 0) is 4.74 Å². The van der Waals surface area contributed by atoms with E-state index in [2.05, 4.69) is 30.9 Å². The van der Waals surface area contributed by atoms with Gasteiger partial charge in [-0.2, -0.15) is 15.2 Å². The predicted molar refractivity (Wildman–Crippen MR) is 107 cm³/mol. The SMILES string of the molecule is CC(C)=C/C=N/Nc1nc(Nc2cnn(C3CCOCC3)c2)ncc1C(N)=O. The number of hydrogen-bond acceptors (Lipinski definition) is 8. The van der Waals surface area contributed by atoms with Gasteiger partial charge in [0.15, 0.2) is 5.82 Å². The Hall–Kier alpha value is -3.27. The molecule has 2 aromatic heterocycles. The van der Waals surface area contributed by atoms with Crippen molar-refractivity contribution in [2.45, 2.75) is 32.7 Å². The molecule has 28 heavy (non-hydrogen) atoms. The van der Waals surface area contributed by atoms with Gasteiger partial charge in [0.1, 0.15) is 5.56 Å². The Bertz CT molecular complexity index is 879. The van der Waals surface area contributed by atoms with Crippen molar-refractivity contribution in [3.8, 4) is 0 Å². The minimum absolute atomic E-state index is 0.151. The van der Waals surface area contributed by atoms with Crippen LogP contribution in [0.25, 0.3) is 0 Å². The Kier molecular flexibility index (Phi) is 6.33. The molecular weight excluding hydrogens is 360 g/mol. The molecule has 0 atom stereocenters. The number of aromatic nitrogens is 4. The summed E-state index contributed by atoms with van der Waals surface area (Å²) in [5.41, 5.74) is 10.1. The third-order valence-corrected chi connectivity index (χ3v) is 4.13. The van der Waals surface area contributed by atoms with E-state index in [0.717, 1.165) is 37.3 Å². The number of carbonyl (C=O) groups is 1. The van der Waals surface area contributed by atoms with E-state index in [1.807, 2.05) is 30.8 Å². The molecule has 0 spiro atoms.